The van der Waals surface area contributed by atoms with Crippen molar-refractivity contribution in [3.05, 3.63) is 28.5 Å². The van der Waals surface area contributed by atoms with Crippen LogP contribution in [0, 0.1) is 17.2 Å². The van der Waals surface area contributed by atoms with Crippen LogP contribution in [-0.4, -0.2) is 12.1 Å². The molecule has 0 unspecified atom stereocenters. The minimum Gasteiger partial charge on any atom is -0.378 e. The van der Waals surface area contributed by atoms with Crippen LogP contribution in [0.5, 0.6) is 0 Å². The Bertz CT molecular complexity index is 488. The van der Waals surface area contributed by atoms with Gasteiger partial charge in [-0.1, -0.05) is 20.8 Å². The zero-order valence-corrected chi connectivity index (χ0v) is 14.8. The van der Waals surface area contributed by atoms with Gasteiger partial charge in [-0.2, -0.15) is 0 Å². The van der Waals surface area contributed by atoms with Gasteiger partial charge in [0.15, 0.2) is 0 Å². The summed E-state index contributed by atoms with van der Waals surface area (Å²) in [5, 5.41) is 3.56. The smallest absolute Gasteiger partial charge is 0.137 e. The molecule has 0 atom stereocenters. The van der Waals surface area contributed by atoms with E-state index in [-0.39, 0.29) is 11.4 Å². The van der Waals surface area contributed by atoms with E-state index in [9.17, 15) is 4.39 Å². The van der Waals surface area contributed by atoms with Gasteiger partial charge >= 0.3 is 0 Å². The van der Waals surface area contributed by atoms with Crippen molar-refractivity contribution in [3.63, 3.8) is 0 Å². The van der Waals surface area contributed by atoms with Crippen LogP contribution in [0.1, 0.15) is 46.5 Å². The second kappa shape index (κ2) is 6.25. The topological polar surface area (TPSA) is 38.0 Å². The normalized spacial score (nSPS) is 26.7. The van der Waals surface area contributed by atoms with Gasteiger partial charge in [0.1, 0.15) is 5.82 Å². The molecule has 0 bridgehead atoms. The number of anilines is 1. The van der Waals surface area contributed by atoms with Crippen LogP contribution in [0.4, 0.5) is 10.1 Å². The van der Waals surface area contributed by atoms with Gasteiger partial charge in [0, 0.05) is 17.8 Å². The maximum atomic E-state index is 13.3. The highest BCUT2D eigenvalue weighted by atomic mass is 79.9. The fourth-order valence-electron chi connectivity index (χ4n) is 3.30. The van der Waals surface area contributed by atoms with Crippen LogP contribution in [0.3, 0.4) is 0 Å². The van der Waals surface area contributed by atoms with E-state index in [1.54, 1.807) is 12.1 Å². The van der Waals surface area contributed by atoms with Gasteiger partial charge in [-0.3, -0.25) is 0 Å². The van der Waals surface area contributed by atoms with Crippen molar-refractivity contribution in [1.29, 1.82) is 0 Å². The fraction of sp³-hybridized carbons (Fsp3) is 0.647. The van der Waals surface area contributed by atoms with Crippen LogP contribution >= 0.6 is 15.9 Å². The molecule has 21 heavy (non-hydrogen) atoms. The number of hydrogen-bond donors (Lipinski definition) is 2. The predicted molar refractivity (Wildman–Crippen MR) is 90.9 cm³/mol. The molecule has 0 aromatic heterocycles. The van der Waals surface area contributed by atoms with Crippen molar-refractivity contribution in [2.45, 2.75) is 52.0 Å². The number of nitrogens with two attached hydrogens (primary N) is 1. The van der Waals surface area contributed by atoms with Crippen LogP contribution in [0.2, 0.25) is 0 Å². The molecule has 1 aromatic carbocycles. The van der Waals surface area contributed by atoms with Crippen molar-refractivity contribution in [3.8, 4) is 0 Å². The van der Waals surface area contributed by atoms with Gasteiger partial charge in [-0.25, -0.2) is 4.39 Å². The van der Waals surface area contributed by atoms with Crippen LogP contribution in [0.15, 0.2) is 22.7 Å². The van der Waals surface area contributed by atoms with E-state index >= 15 is 0 Å². The summed E-state index contributed by atoms with van der Waals surface area (Å²) in [6.07, 6.45) is 4.52. The van der Waals surface area contributed by atoms with E-state index < -0.39 is 0 Å². The quantitative estimate of drug-likeness (QED) is 0.805. The van der Waals surface area contributed by atoms with Gasteiger partial charge in [-0.05, 0) is 71.1 Å². The van der Waals surface area contributed by atoms with Crippen LogP contribution < -0.4 is 11.1 Å². The minimum absolute atomic E-state index is 0.0565. The molecule has 1 aliphatic rings. The van der Waals surface area contributed by atoms with Gasteiger partial charge in [0.2, 0.25) is 0 Å². The second-order valence-electron chi connectivity index (χ2n) is 7.38. The molecular weight excluding hydrogens is 331 g/mol. The largest absolute Gasteiger partial charge is 0.378 e. The molecule has 0 heterocycles. The summed E-state index contributed by atoms with van der Waals surface area (Å²) in [6.45, 7) is 7.56. The van der Waals surface area contributed by atoms with Crippen LogP contribution in [0.25, 0.3) is 0 Å². The fourth-order valence-corrected chi connectivity index (χ4v) is 3.68. The molecule has 1 saturated carbocycles. The highest BCUT2D eigenvalue weighted by Gasteiger charge is 2.37. The minimum atomic E-state index is -0.237. The van der Waals surface area contributed by atoms with E-state index in [2.05, 4.69) is 42.0 Å². The lowest BCUT2D eigenvalue weighted by Gasteiger charge is -2.44. The van der Waals surface area contributed by atoms with Crippen molar-refractivity contribution in [1.82, 2.24) is 0 Å². The second-order valence-corrected chi connectivity index (χ2v) is 8.23. The Kier molecular flexibility index (Phi) is 4.99. The SMILES string of the molecule is CC(C)(C)C1CCC(CN)(Nc2ccc(F)c(Br)c2)CC1. The van der Waals surface area contributed by atoms with Gasteiger partial charge < -0.3 is 11.1 Å². The molecule has 2 rings (SSSR count). The Morgan fingerprint density at radius 1 is 1.33 bits per heavy atom. The van der Waals surface area contributed by atoms with Gasteiger partial charge in [0.25, 0.3) is 0 Å². The third kappa shape index (κ3) is 3.98. The number of hydrogen-bond acceptors (Lipinski definition) is 2. The summed E-state index contributed by atoms with van der Waals surface area (Å²) < 4.78 is 13.8. The molecule has 0 spiro atoms. The number of halogens is 2. The van der Waals surface area contributed by atoms with Crippen molar-refractivity contribution < 1.29 is 4.39 Å². The summed E-state index contributed by atoms with van der Waals surface area (Å²) in [4.78, 5) is 0. The van der Waals surface area contributed by atoms with Crippen molar-refractivity contribution >= 4 is 21.6 Å². The molecule has 4 heteroatoms. The molecule has 1 aromatic rings. The number of benzene rings is 1. The summed E-state index contributed by atoms with van der Waals surface area (Å²) in [5.41, 5.74) is 7.30. The molecular formula is C17H26BrFN2. The molecule has 3 N–H and O–H groups in total. The first-order valence-corrected chi connectivity index (χ1v) is 8.48. The lowest BCUT2D eigenvalue weighted by Crippen LogP contribution is -2.49. The summed E-state index contributed by atoms with van der Waals surface area (Å²) in [6, 6.07) is 5.06. The van der Waals surface area contributed by atoms with Gasteiger partial charge in [-0.15, -0.1) is 0 Å². The number of nitrogens with one attached hydrogen (secondary N) is 1. The Morgan fingerprint density at radius 3 is 2.43 bits per heavy atom. The highest BCUT2D eigenvalue weighted by Crippen LogP contribution is 2.42. The summed E-state index contributed by atoms with van der Waals surface area (Å²) in [7, 11) is 0. The molecule has 1 aliphatic carbocycles. The average Bonchev–Trinajstić information content (AvgIpc) is 2.42. The lowest BCUT2D eigenvalue weighted by atomic mass is 9.67. The molecule has 1 fully saturated rings. The molecule has 118 valence electrons. The molecule has 0 aliphatic heterocycles. The van der Waals surface area contributed by atoms with E-state index in [0.717, 1.165) is 24.4 Å². The monoisotopic (exact) mass is 356 g/mol. The Balaban J connectivity index is 2.08. The molecule has 2 nitrogen and oxygen atoms in total. The highest BCUT2D eigenvalue weighted by molar-refractivity contribution is 9.10. The Morgan fingerprint density at radius 2 is 1.95 bits per heavy atom. The summed E-state index contributed by atoms with van der Waals surface area (Å²) >= 11 is 3.24. The molecule has 0 radical (unpaired) electrons. The average molecular weight is 357 g/mol. The first-order chi connectivity index (χ1) is 9.76. The lowest BCUT2D eigenvalue weighted by molar-refractivity contribution is 0.145. The number of rotatable bonds is 3. The van der Waals surface area contributed by atoms with Gasteiger partial charge in [0.05, 0.1) is 4.47 Å². The first kappa shape index (κ1) is 16.8. The summed E-state index contributed by atoms with van der Waals surface area (Å²) in [5.74, 6) is 0.512. The molecule has 0 saturated heterocycles. The standard InChI is InChI=1S/C17H26BrFN2/c1-16(2,3)12-6-8-17(11-20,9-7-12)21-13-4-5-15(19)14(18)10-13/h4-5,10,12,21H,6-9,11,20H2,1-3H3. The van der Waals surface area contributed by atoms with Crippen LogP contribution in [-0.2, 0) is 0 Å². The maximum absolute atomic E-state index is 13.3. The zero-order valence-electron chi connectivity index (χ0n) is 13.2. The maximum Gasteiger partial charge on any atom is 0.137 e. The van der Waals surface area contributed by atoms with E-state index in [1.807, 2.05) is 0 Å². The third-order valence-electron chi connectivity index (χ3n) is 4.89. The Hall–Kier alpha value is -0.610. The Labute approximate surface area is 135 Å². The zero-order chi connectivity index (χ0) is 15.7. The van der Waals surface area contributed by atoms with E-state index in [1.165, 1.54) is 18.9 Å². The van der Waals surface area contributed by atoms with E-state index in [4.69, 9.17) is 5.73 Å². The predicted octanol–water partition coefficient (Wildman–Crippen LogP) is 4.93. The third-order valence-corrected chi connectivity index (χ3v) is 5.49. The molecule has 0 amide bonds. The van der Waals surface area contributed by atoms with Crippen molar-refractivity contribution in [2.24, 2.45) is 17.1 Å². The first-order valence-electron chi connectivity index (χ1n) is 7.69. The van der Waals surface area contributed by atoms with Crippen molar-refractivity contribution in [2.75, 3.05) is 11.9 Å². The van der Waals surface area contributed by atoms with E-state index in [0.29, 0.717) is 16.4 Å².